The number of aromatic nitrogens is 2. The third kappa shape index (κ3) is 6.06. The molecule has 6 rings (SSSR count). The molecule has 0 aliphatic carbocycles. The van der Waals surface area contributed by atoms with Crippen LogP contribution in [0, 0.1) is 6.92 Å². The number of aryl methyl sites for hydroxylation is 1. The molecule has 5 aromatic rings. The molecule has 2 atom stereocenters. The van der Waals surface area contributed by atoms with E-state index in [1.807, 2.05) is 70.3 Å². The summed E-state index contributed by atoms with van der Waals surface area (Å²) in [7, 11) is 1.68. The molecule has 0 radical (unpaired) electrons. The van der Waals surface area contributed by atoms with E-state index in [0.717, 1.165) is 65.5 Å². The Bertz CT molecular complexity index is 1910. The third-order valence-corrected chi connectivity index (χ3v) is 8.91. The Balaban J connectivity index is 1.49. The molecule has 1 aliphatic rings. The molecule has 0 bridgehead atoms. The second-order valence-electron chi connectivity index (χ2n) is 12.0. The number of rotatable bonds is 7. The number of Topliss-reactive ketones (excluding diaryl/α,β-unsaturated/α-hetero) is 1. The molecule has 2 aromatic heterocycles. The van der Waals surface area contributed by atoms with Gasteiger partial charge in [0.15, 0.2) is 5.78 Å². The van der Waals surface area contributed by atoms with Gasteiger partial charge in [-0.05, 0) is 93.8 Å². The summed E-state index contributed by atoms with van der Waals surface area (Å²) in [5, 5.41) is 4.91. The third-order valence-electron chi connectivity index (χ3n) is 7.52. The number of hydrogen-bond acceptors (Lipinski definition) is 7. The molecule has 44 heavy (non-hydrogen) atoms. The van der Waals surface area contributed by atoms with E-state index < -0.39 is 11.7 Å². The molecule has 0 amide bonds. The Morgan fingerprint density at radius 3 is 2.48 bits per heavy atom. The predicted octanol–water partition coefficient (Wildman–Crippen LogP) is 9.51. The minimum Gasteiger partial charge on any atom is -0.360 e. The minimum absolute atomic E-state index is 0.0482. The van der Waals surface area contributed by atoms with Crippen LogP contribution in [0.25, 0.3) is 49.2 Å². The number of fused-ring (bicyclic) bond motifs is 2. The average molecular weight is 624 g/mol. The van der Waals surface area contributed by atoms with Gasteiger partial charge in [0.05, 0.1) is 21.5 Å². The summed E-state index contributed by atoms with van der Waals surface area (Å²) in [5.74, 6) is -0.0482. The number of carbonyl (C=O) groups is 1. The molecular formula is C36H34ClN3O3S. The number of benzene rings is 3. The normalized spacial score (nSPS) is 15.2. The Kier molecular flexibility index (Phi) is 8.16. The number of hydrogen-bond donors (Lipinski definition) is 1. The number of nitrogens with one attached hydrogen (secondary N) is 1. The van der Waals surface area contributed by atoms with Gasteiger partial charge >= 0.3 is 0 Å². The standard InChI is InChI=1S/C36H34ClN3O3S/c1-20-17-29-34(32(23-9-12-26(37)13-10-23)31(20)33(21(2)41)43-36(3,4)5)44-35(40-29)25-15-16-38-27(19-25)24-8-7-22-11-14-30(42-6)39-28(22)18-24/h7-19,30,33,39H,1-6H3/t30?,33-/m1/s1. The highest BCUT2D eigenvalue weighted by atomic mass is 35.5. The van der Waals surface area contributed by atoms with Gasteiger partial charge in [-0.25, -0.2) is 4.98 Å². The fraction of sp³-hybridized carbons (Fsp3) is 0.250. The van der Waals surface area contributed by atoms with Gasteiger partial charge in [0.1, 0.15) is 17.3 Å². The Labute approximate surface area is 266 Å². The zero-order valence-electron chi connectivity index (χ0n) is 25.6. The Hall–Kier alpha value is -3.88. The molecule has 0 saturated carbocycles. The van der Waals surface area contributed by atoms with Gasteiger partial charge in [-0.1, -0.05) is 41.9 Å². The number of pyridine rings is 1. The smallest absolute Gasteiger partial charge is 0.163 e. The summed E-state index contributed by atoms with van der Waals surface area (Å²) in [6.07, 6.45) is 4.98. The van der Waals surface area contributed by atoms with E-state index in [1.165, 1.54) is 0 Å². The molecule has 3 aromatic carbocycles. The second kappa shape index (κ2) is 11.9. The zero-order chi connectivity index (χ0) is 31.2. The first kappa shape index (κ1) is 30.2. The molecule has 224 valence electrons. The summed E-state index contributed by atoms with van der Waals surface area (Å²) in [5.41, 5.74) is 8.96. The van der Waals surface area contributed by atoms with Crippen molar-refractivity contribution in [2.75, 3.05) is 12.4 Å². The van der Waals surface area contributed by atoms with Crippen LogP contribution in [-0.4, -0.2) is 34.7 Å². The lowest BCUT2D eigenvalue weighted by Gasteiger charge is -2.29. The summed E-state index contributed by atoms with van der Waals surface area (Å²) < 4.78 is 12.8. The fourth-order valence-corrected chi connectivity index (χ4v) is 6.76. The van der Waals surface area contributed by atoms with Crippen LogP contribution >= 0.6 is 22.9 Å². The van der Waals surface area contributed by atoms with Crippen LogP contribution < -0.4 is 5.32 Å². The number of methoxy groups -OCH3 is 1. The van der Waals surface area contributed by atoms with E-state index in [0.29, 0.717) is 5.02 Å². The van der Waals surface area contributed by atoms with Gasteiger partial charge in [0.25, 0.3) is 0 Å². The van der Waals surface area contributed by atoms with Crippen LogP contribution in [0.3, 0.4) is 0 Å². The molecular weight excluding hydrogens is 590 g/mol. The first-order chi connectivity index (χ1) is 21.0. The number of ether oxygens (including phenoxy) is 2. The predicted molar refractivity (Wildman–Crippen MR) is 181 cm³/mol. The molecule has 1 unspecified atom stereocenters. The summed E-state index contributed by atoms with van der Waals surface area (Å²) >= 11 is 7.88. The average Bonchev–Trinajstić information content (AvgIpc) is 3.42. The second-order valence-corrected chi connectivity index (χ2v) is 13.4. The van der Waals surface area contributed by atoms with Crippen molar-refractivity contribution in [1.29, 1.82) is 0 Å². The number of halogens is 1. The monoisotopic (exact) mass is 623 g/mol. The number of ketones is 1. The van der Waals surface area contributed by atoms with Crippen molar-refractivity contribution in [2.45, 2.75) is 52.6 Å². The SMILES string of the molecule is COC1C=Cc2ccc(-c3cc(-c4nc5cc(C)c([C@H](OC(C)(C)C)C(C)=O)c(-c6ccc(Cl)cc6)c5s4)ccn3)cc2N1. The molecule has 1 N–H and O–H groups in total. The maximum absolute atomic E-state index is 13.1. The van der Waals surface area contributed by atoms with E-state index >= 15 is 0 Å². The highest BCUT2D eigenvalue weighted by Crippen LogP contribution is 2.45. The van der Waals surface area contributed by atoms with Crippen molar-refractivity contribution in [3.63, 3.8) is 0 Å². The lowest BCUT2D eigenvalue weighted by atomic mass is 9.90. The van der Waals surface area contributed by atoms with Crippen molar-refractivity contribution in [3.8, 4) is 33.0 Å². The zero-order valence-corrected chi connectivity index (χ0v) is 27.1. The van der Waals surface area contributed by atoms with Crippen LogP contribution in [0.2, 0.25) is 5.02 Å². The number of nitrogens with zero attached hydrogens (tertiary/aromatic N) is 2. The van der Waals surface area contributed by atoms with Gasteiger partial charge in [-0.3, -0.25) is 9.78 Å². The van der Waals surface area contributed by atoms with Crippen LogP contribution in [0.4, 0.5) is 5.69 Å². The molecule has 0 fully saturated rings. The Morgan fingerprint density at radius 1 is 1.02 bits per heavy atom. The largest absolute Gasteiger partial charge is 0.360 e. The van der Waals surface area contributed by atoms with E-state index in [4.69, 9.17) is 26.1 Å². The molecule has 6 nitrogen and oxygen atoms in total. The van der Waals surface area contributed by atoms with Crippen LogP contribution in [-0.2, 0) is 14.3 Å². The number of anilines is 1. The van der Waals surface area contributed by atoms with E-state index in [9.17, 15) is 4.79 Å². The van der Waals surface area contributed by atoms with E-state index in [2.05, 4.69) is 46.7 Å². The topological polar surface area (TPSA) is 73.3 Å². The van der Waals surface area contributed by atoms with Crippen molar-refractivity contribution in [2.24, 2.45) is 0 Å². The summed E-state index contributed by atoms with van der Waals surface area (Å²) in [6, 6.07) is 20.1. The van der Waals surface area contributed by atoms with Gasteiger partial charge in [0, 0.05) is 46.3 Å². The molecule has 8 heteroatoms. The first-order valence-corrected chi connectivity index (χ1v) is 15.7. The van der Waals surface area contributed by atoms with Gasteiger partial charge in [-0.15, -0.1) is 11.3 Å². The molecule has 0 spiro atoms. The lowest BCUT2D eigenvalue weighted by molar-refractivity contribution is -0.138. The maximum Gasteiger partial charge on any atom is 0.163 e. The van der Waals surface area contributed by atoms with Gasteiger partial charge in [0.2, 0.25) is 0 Å². The maximum atomic E-state index is 13.1. The fourth-order valence-electron chi connectivity index (χ4n) is 5.51. The van der Waals surface area contributed by atoms with Crippen molar-refractivity contribution in [3.05, 3.63) is 94.6 Å². The van der Waals surface area contributed by atoms with Crippen LogP contribution in [0.5, 0.6) is 0 Å². The van der Waals surface area contributed by atoms with Gasteiger partial charge in [-0.2, -0.15) is 0 Å². The molecule has 1 aliphatic heterocycles. The van der Waals surface area contributed by atoms with Crippen molar-refractivity contribution in [1.82, 2.24) is 9.97 Å². The highest BCUT2D eigenvalue weighted by molar-refractivity contribution is 7.22. The quantitative estimate of drug-likeness (QED) is 0.195. The number of thiazole rings is 1. The van der Waals surface area contributed by atoms with E-state index in [-0.39, 0.29) is 12.0 Å². The lowest BCUT2D eigenvalue weighted by Crippen LogP contribution is -2.27. The minimum atomic E-state index is -0.728. The van der Waals surface area contributed by atoms with Crippen LogP contribution in [0.1, 0.15) is 50.5 Å². The van der Waals surface area contributed by atoms with Crippen molar-refractivity contribution >= 4 is 50.7 Å². The summed E-state index contributed by atoms with van der Waals surface area (Å²) in [4.78, 5) is 22.9. The van der Waals surface area contributed by atoms with Gasteiger partial charge < -0.3 is 14.8 Å². The molecule has 0 saturated heterocycles. The molecule has 3 heterocycles. The number of carbonyl (C=O) groups excluding carboxylic acids is 1. The highest BCUT2D eigenvalue weighted by Gasteiger charge is 2.30. The first-order valence-electron chi connectivity index (χ1n) is 14.5. The van der Waals surface area contributed by atoms with Crippen LogP contribution in [0.15, 0.2) is 72.9 Å². The van der Waals surface area contributed by atoms with Crippen molar-refractivity contribution < 1.29 is 14.3 Å². The van der Waals surface area contributed by atoms with E-state index in [1.54, 1.807) is 25.4 Å². The Morgan fingerprint density at radius 2 is 1.77 bits per heavy atom. The summed E-state index contributed by atoms with van der Waals surface area (Å²) in [6.45, 7) is 9.51.